The summed E-state index contributed by atoms with van der Waals surface area (Å²) in [5.74, 6) is 0.712. The van der Waals surface area contributed by atoms with E-state index in [0.717, 1.165) is 27.6 Å². The van der Waals surface area contributed by atoms with E-state index in [1.807, 2.05) is 30.5 Å². The molecule has 22 heavy (non-hydrogen) atoms. The van der Waals surface area contributed by atoms with E-state index in [9.17, 15) is 0 Å². The summed E-state index contributed by atoms with van der Waals surface area (Å²) in [7, 11) is 1.61. The molecule has 0 bridgehead atoms. The molecule has 3 rings (SSSR count). The smallest absolute Gasteiger partial charge is 0.121 e. The Kier molecular flexibility index (Phi) is 3.98. The molecule has 0 aliphatic rings. The summed E-state index contributed by atoms with van der Waals surface area (Å²) < 4.78 is 5.36. The maximum absolute atomic E-state index is 9.02. The Labute approximate surface area is 138 Å². The number of aromatic nitrogens is 1. The van der Waals surface area contributed by atoms with E-state index >= 15 is 0 Å². The summed E-state index contributed by atoms with van der Waals surface area (Å²) in [5, 5.41) is 11.0. The molecule has 0 atom stereocenters. The van der Waals surface area contributed by atoms with Crippen molar-refractivity contribution in [3.8, 4) is 22.9 Å². The fourth-order valence-electron chi connectivity index (χ4n) is 2.58. The van der Waals surface area contributed by atoms with E-state index in [2.05, 4.69) is 11.1 Å². The predicted octanol–water partition coefficient (Wildman–Crippen LogP) is 5.22. The lowest BCUT2D eigenvalue weighted by molar-refractivity contribution is 0.415. The number of benzene rings is 2. The van der Waals surface area contributed by atoms with Gasteiger partial charge in [0.2, 0.25) is 0 Å². The summed E-state index contributed by atoms with van der Waals surface area (Å²) in [4.78, 5) is 3.18. The van der Waals surface area contributed by atoms with Gasteiger partial charge in [-0.05, 0) is 23.3 Å². The average molecular weight is 331 g/mol. The largest absolute Gasteiger partial charge is 0.497 e. The molecule has 0 fully saturated rings. The Balaban J connectivity index is 2.37. The highest BCUT2D eigenvalue weighted by Crippen LogP contribution is 2.40. The third-order valence-corrected chi connectivity index (χ3v) is 4.40. The van der Waals surface area contributed by atoms with Crippen LogP contribution in [0.1, 0.15) is 5.56 Å². The van der Waals surface area contributed by atoms with Crippen molar-refractivity contribution in [2.75, 3.05) is 7.11 Å². The van der Waals surface area contributed by atoms with E-state index < -0.39 is 0 Å². The van der Waals surface area contributed by atoms with Crippen LogP contribution in [0, 0.1) is 11.3 Å². The van der Waals surface area contributed by atoms with Gasteiger partial charge in [0.25, 0.3) is 0 Å². The molecule has 0 saturated heterocycles. The number of fused-ring (bicyclic) bond motifs is 1. The molecule has 110 valence electrons. The number of methoxy groups -OCH3 is 1. The minimum absolute atomic E-state index is 0.317. The zero-order valence-electron chi connectivity index (χ0n) is 11.8. The molecular weight excluding hydrogens is 319 g/mol. The van der Waals surface area contributed by atoms with Crippen molar-refractivity contribution in [3.05, 3.63) is 52.1 Å². The number of halogens is 2. The van der Waals surface area contributed by atoms with Crippen LogP contribution in [0.2, 0.25) is 10.0 Å². The Morgan fingerprint density at radius 1 is 1.23 bits per heavy atom. The van der Waals surface area contributed by atoms with Crippen LogP contribution in [-0.2, 0) is 6.42 Å². The molecule has 0 aliphatic carbocycles. The molecule has 0 amide bonds. The molecule has 0 spiro atoms. The fraction of sp³-hybridized carbons (Fsp3) is 0.118. The first kappa shape index (κ1) is 14.8. The first-order valence-corrected chi connectivity index (χ1v) is 7.40. The number of rotatable bonds is 3. The normalized spacial score (nSPS) is 10.6. The molecule has 0 unspecified atom stereocenters. The maximum Gasteiger partial charge on any atom is 0.121 e. The lowest BCUT2D eigenvalue weighted by Gasteiger charge is -2.11. The Morgan fingerprint density at radius 2 is 2.05 bits per heavy atom. The van der Waals surface area contributed by atoms with Crippen molar-refractivity contribution in [1.82, 2.24) is 4.98 Å². The molecule has 0 radical (unpaired) electrons. The van der Waals surface area contributed by atoms with E-state index in [1.165, 1.54) is 0 Å². The molecule has 3 aromatic rings. The first-order valence-electron chi connectivity index (χ1n) is 6.65. The minimum Gasteiger partial charge on any atom is -0.497 e. The molecule has 3 nitrogen and oxygen atoms in total. The van der Waals surface area contributed by atoms with Crippen molar-refractivity contribution >= 4 is 34.1 Å². The van der Waals surface area contributed by atoms with Crippen LogP contribution in [-0.4, -0.2) is 12.1 Å². The van der Waals surface area contributed by atoms with Gasteiger partial charge >= 0.3 is 0 Å². The van der Waals surface area contributed by atoms with Gasteiger partial charge in [-0.1, -0.05) is 35.3 Å². The van der Waals surface area contributed by atoms with Crippen molar-refractivity contribution in [2.45, 2.75) is 6.42 Å². The van der Waals surface area contributed by atoms with Crippen molar-refractivity contribution < 1.29 is 4.74 Å². The number of H-pyrrole nitrogens is 1. The van der Waals surface area contributed by atoms with Crippen LogP contribution in [0.3, 0.4) is 0 Å². The number of hydrogen-bond acceptors (Lipinski definition) is 2. The van der Waals surface area contributed by atoms with Gasteiger partial charge in [-0.2, -0.15) is 5.26 Å². The number of aromatic amines is 1. The SMILES string of the molecule is COc1cc(-c2cccc(Cl)c2Cl)c2c(CC#N)c[nH]c2c1. The number of nitriles is 1. The second-order valence-electron chi connectivity index (χ2n) is 4.85. The van der Waals surface area contributed by atoms with E-state index in [1.54, 1.807) is 13.2 Å². The second-order valence-corrected chi connectivity index (χ2v) is 5.63. The highest BCUT2D eigenvalue weighted by Gasteiger charge is 2.15. The second kappa shape index (κ2) is 5.92. The van der Waals surface area contributed by atoms with E-state index in [0.29, 0.717) is 22.2 Å². The fourth-order valence-corrected chi connectivity index (χ4v) is 2.98. The third-order valence-electron chi connectivity index (χ3n) is 3.58. The monoisotopic (exact) mass is 330 g/mol. The van der Waals surface area contributed by atoms with Gasteiger partial charge in [0.05, 0.1) is 35.2 Å². The molecule has 2 aromatic carbocycles. The standard InChI is InChI=1S/C17H12Cl2N2O/c1-22-11-7-13(12-3-2-4-14(18)17(12)19)16-10(5-6-20)9-21-15(16)8-11/h2-4,7-9,21H,5H2,1H3. The van der Waals surface area contributed by atoms with Crippen LogP contribution in [0.25, 0.3) is 22.0 Å². The Hall–Kier alpha value is -2.15. The van der Waals surface area contributed by atoms with Crippen LogP contribution in [0.4, 0.5) is 0 Å². The van der Waals surface area contributed by atoms with Crippen LogP contribution in [0.15, 0.2) is 36.5 Å². The highest BCUT2D eigenvalue weighted by atomic mass is 35.5. The summed E-state index contributed by atoms with van der Waals surface area (Å²) >= 11 is 12.5. The number of hydrogen-bond donors (Lipinski definition) is 1. The zero-order chi connectivity index (χ0) is 15.7. The summed E-state index contributed by atoms with van der Waals surface area (Å²) in [6, 6.07) is 11.5. The molecule has 1 N–H and O–H groups in total. The number of nitrogens with zero attached hydrogens (tertiary/aromatic N) is 1. The van der Waals surface area contributed by atoms with E-state index in [-0.39, 0.29) is 0 Å². The molecular formula is C17H12Cl2N2O. The predicted molar refractivity (Wildman–Crippen MR) is 89.6 cm³/mol. The zero-order valence-corrected chi connectivity index (χ0v) is 13.3. The van der Waals surface area contributed by atoms with Crippen LogP contribution in [0.5, 0.6) is 5.75 Å². The van der Waals surface area contributed by atoms with Crippen molar-refractivity contribution in [3.63, 3.8) is 0 Å². The van der Waals surface area contributed by atoms with Gasteiger partial charge in [0.15, 0.2) is 0 Å². The number of nitrogens with one attached hydrogen (secondary N) is 1. The third kappa shape index (κ3) is 2.41. The van der Waals surface area contributed by atoms with Crippen molar-refractivity contribution in [1.29, 1.82) is 5.26 Å². The van der Waals surface area contributed by atoms with Gasteiger partial charge in [-0.15, -0.1) is 0 Å². The molecule has 0 saturated carbocycles. The van der Waals surface area contributed by atoms with Gasteiger partial charge in [0, 0.05) is 23.2 Å². The van der Waals surface area contributed by atoms with Gasteiger partial charge in [-0.25, -0.2) is 0 Å². The molecule has 1 aromatic heterocycles. The maximum atomic E-state index is 9.02. The molecule has 1 heterocycles. The van der Waals surface area contributed by atoms with Crippen molar-refractivity contribution in [2.24, 2.45) is 0 Å². The lowest BCUT2D eigenvalue weighted by atomic mass is 9.98. The number of ether oxygens (including phenoxy) is 1. The quantitative estimate of drug-likeness (QED) is 0.715. The summed E-state index contributed by atoms with van der Waals surface area (Å²) in [6.45, 7) is 0. The molecule has 5 heteroatoms. The lowest BCUT2D eigenvalue weighted by Crippen LogP contribution is -1.89. The van der Waals surface area contributed by atoms with Gasteiger partial charge in [-0.3, -0.25) is 0 Å². The first-order chi connectivity index (χ1) is 10.7. The molecule has 0 aliphatic heterocycles. The Bertz CT molecular complexity index is 894. The summed E-state index contributed by atoms with van der Waals surface area (Å²) in [6.07, 6.45) is 2.16. The minimum atomic E-state index is 0.317. The van der Waals surface area contributed by atoms with E-state index in [4.69, 9.17) is 33.2 Å². The average Bonchev–Trinajstić information content (AvgIpc) is 2.93. The topological polar surface area (TPSA) is 48.8 Å². The van der Waals surface area contributed by atoms with Crippen LogP contribution >= 0.6 is 23.2 Å². The highest BCUT2D eigenvalue weighted by molar-refractivity contribution is 6.44. The summed E-state index contributed by atoms with van der Waals surface area (Å²) in [5.41, 5.74) is 3.53. The van der Waals surface area contributed by atoms with Gasteiger partial charge in [0.1, 0.15) is 5.75 Å². The van der Waals surface area contributed by atoms with Gasteiger partial charge < -0.3 is 9.72 Å². The Morgan fingerprint density at radius 3 is 2.77 bits per heavy atom. The van der Waals surface area contributed by atoms with Crippen LogP contribution < -0.4 is 4.74 Å².